The Morgan fingerprint density at radius 3 is 2.16 bits per heavy atom. The minimum atomic E-state index is 0.329. The van der Waals surface area contributed by atoms with E-state index in [1.54, 1.807) is 20.3 Å². The number of phenols is 1. The summed E-state index contributed by atoms with van der Waals surface area (Å²) in [6, 6.07) is 17.8. The zero-order valence-electron chi connectivity index (χ0n) is 14.9. The third-order valence-electron chi connectivity index (χ3n) is 4.46. The Bertz CT molecular complexity index is 859. The van der Waals surface area contributed by atoms with E-state index >= 15 is 0 Å². The maximum atomic E-state index is 10.4. The Labute approximate surface area is 148 Å². The number of nitrogens with one attached hydrogen (secondary N) is 1. The van der Waals surface area contributed by atoms with Crippen LogP contribution in [0.2, 0.25) is 0 Å². The normalized spacial score (nSPS) is 12.1. The first-order valence-electron chi connectivity index (χ1n) is 8.33. The maximum absolute atomic E-state index is 10.4. The predicted molar refractivity (Wildman–Crippen MR) is 99.5 cm³/mol. The predicted octanol–water partition coefficient (Wildman–Crippen LogP) is 2.78. The van der Waals surface area contributed by atoms with Crippen molar-refractivity contribution in [1.29, 1.82) is 0 Å². The first kappa shape index (κ1) is 17.1. The molecule has 3 aromatic rings. The molecular weight excluding hydrogens is 314 g/mol. The molecule has 4 nitrogen and oxygen atoms in total. The van der Waals surface area contributed by atoms with Crippen LogP contribution in [0, 0.1) is 0 Å². The second-order valence-electron chi connectivity index (χ2n) is 6.31. The second kappa shape index (κ2) is 7.45. The van der Waals surface area contributed by atoms with Gasteiger partial charge in [0.2, 0.25) is 0 Å². The van der Waals surface area contributed by atoms with Crippen molar-refractivity contribution in [2.24, 2.45) is 0 Å². The third-order valence-corrected chi connectivity index (χ3v) is 4.46. The molecule has 3 rings (SSSR count). The molecule has 0 saturated heterocycles. The van der Waals surface area contributed by atoms with Crippen LogP contribution < -0.4 is 14.4 Å². The molecule has 1 unspecified atom stereocenters. The third kappa shape index (κ3) is 3.86. The van der Waals surface area contributed by atoms with Gasteiger partial charge in [0.15, 0.2) is 0 Å². The van der Waals surface area contributed by atoms with Crippen molar-refractivity contribution >= 4 is 10.8 Å². The fourth-order valence-electron chi connectivity index (χ4n) is 3.12. The number of benzene rings is 3. The van der Waals surface area contributed by atoms with Crippen molar-refractivity contribution in [1.82, 2.24) is 0 Å². The molecule has 25 heavy (non-hydrogen) atoms. The molecule has 4 heteroatoms. The first-order valence-corrected chi connectivity index (χ1v) is 8.33. The topological polar surface area (TPSA) is 43.1 Å². The van der Waals surface area contributed by atoms with Crippen molar-refractivity contribution in [3.63, 3.8) is 0 Å². The second-order valence-corrected chi connectivity index (χ2v) is 6.31. The highest BCUT2D eigenvalue weighted by molar-refractivity contribution is 5.88. The number of methoxy groups -OCH3 is 2. The number of hydrogen-bond acceptors (Lipinski definition) is 3. The van der Waals surface area contributed by atoms with Crippen LogP contribution in [0.3, 0.4) is 0 Å². The summed E-state index contributed by atoms with van der Waals surface area (Å²) in [4.78, 5) is 1.29. The zero-order valence-corrected chi connectivity index (χ0v) is 14.9. The van der Waals surface area contributed by atoms with E-state index in [2.05, 4.69) is 19.2 Å². The van der Waals surface area contributed by atoms with Gasteiger partial charge in [-0.15, -0.1) is 0 Å². The molecule has 3 aromatic carbocycles. The van der Waals surface area contributed by atoms with Crippen LogP contribution in [0.4, 0.5) is 0 Å². The largest absolute Gasteiger partial charge is 0.507 e. The summed E-state index contributed by atoms with van der Waals surface area (Å²) in [5.74, 6) is 1.99. The van der Waals surface area contributed by atoms with Gasteiger partial charge in [-0.05, 0) is 53.2 Å². The number of phenolic OH excluding ortho intramolecular Hbond substituents is 1. The summed E-state index contributed by atoms with van der Waals surface area (Å²) in [5, 5.41) is 12.5. The van der Waals surface area contributed by atoms with Crippen LogP contribution >= 0.6 is 0 Å². The molecule has 0 aliphatic carbocycles. The van der Waals surface area contributed by atoms with E-state index < -0.39 is 0 Å². The highest BCUT2D eigenvalue weighted by atomic mass is 16.5. The number of quaternary nitrogens is 1. The van der Waals surface area contributed by atoms with Crippen LogP contribution in [0.1, 0.15) is 11.1 Å². The van der Waals surface area contributed by atoms with Gasteiger partial charge in [-0.25, -0.2) is 0 Å². The van der Waals surface area contributed by atoms with Crippen molar-refractivity contribution in [2.75, 3.05) is 21.3 Å². The smallest absolute Gasteiger partial charge is 0.125 e. The molecule has 0 bridgehead atoms. The highest BCUT2D eigenvalue weighted by Crippen LogP contribution is 2.29. The average Bonchev–Trinajstić information content (AvgIpc) is 2.64. The van der Waals surface area contributed by atoms with Gasteiger partial charge in [-0.3, -0.25) is 0 Å². The van der Waals surface area contributed by atoms with Crippen LogP contribution in [0.15, 0.2) is 54.6 Å². The molecule has 0 spiro atoms. The molecule has 0 fully saturated rings. The molecule has 0 radical (unpaired) electrons. The number of hydrogen-bond donors (Lipinski definition) is 2. The number of ether oxygens (including phenoxy) is 2. The fraction of sp³-hybridized carbons (Fsp3) is 0.238. The molecule has 0 aliphatic heterocycles. The van der Waals surface area contributed by atoms with Gasteiger partial charge < -0.3 is 19.5 Å². The number of aromatic hydroxyl groups is 1. The zero-order chi connectivity index (χ0) is 17.8. The SMILES string of the molecule is COc1ccc(C[NH+](C)Cc2c(O)ccc3ccc(OC)cc23)cc1. The summed E-state index contributed by atoms with van der Waals surface area (Å²) in [6.45, 7) is 1.59. The lowest BCUT2D eigenvalue weighted by molar-refractivity contribution is -0.907. The van der Waals surface area contributed by atoms with E-state index in [0.29, 0.717) is 5.75 Å². The lowest BCUT2D eigenvalue weighted by atomic mass is 10.0. The van der Waals surface area contributed by atoms with Crippen molar-refractivity contribution < 1.29 is 19.5 Å². The Morgan fingerprint density at radius 2 is 1.48 bits per heavy atom. The summed E-state index contributed by atoms with van der Waals surface area (Å²) in [6.07, 6.45) is 0. The average molecular weight is 338 g/mol. The van der Waals surface area contributed by atoms with Gasteiger partial charge in [0.05, 0.1) is 26.8 Å². The standard InChI is InChI=1S/C21H23NO3/c1-22(13-15-4-8-17(24-2)9-5-15)14-20-19-12-18(25-3)10-6-16(19)7-11-21(20)23/h4-12,23H,13-14H2,1-3H3/p+1. The van der Waals surface area contributed by atoms with Gasteiger partial charge in [-0.1, -0.05) is 12.1 Å². The molecule has 0 heterocycles. The highest BCUT2D eigenvalue weighted by Gasteiger charge is 2.13. The Kier molecular flexibility index (Phi) is 5.10. The monoisotopic (exact) mass is 338 g/mol. The van der Waals surface area contributed by atoms with Gasteiger partial charge in [0.25, 0.3) is 0 Å². The van der Waals surface area contributed by atoms with Gasteiger partial charge >= 0.3 is 0 Å². The molecule has 0 saturated carbocycles. The number of fused-ring (bicyclic) bond motifs is 1. The Balaban J connectivity index is 1.84. The molecule has 0 aromatic heterocycles. The van der Waals surface area contributed by atoms with E-state index in [4.69, 9.17) is 9.47 Å². The summed E-state index contributed by atoms with van der Waals surface area (Å²) in [7, 11) is 5.46. The van der Waals surface area contributed by atoms with Gasteiger partial charge in [0.1, 0.15) is 30.3 Å². The summed E-state index contributed by atoms with van der Waals surface area (Å²) >= 11 is 0. The van der Waals surface area contributed by atoms with E-state index in [-0.39, 0.29) is 0 Å². The quantitative estimate of drug-likeness (QED) is 0.726. The molecule has 2 N–H and O–H groups in total. The molecule has 0 amide bonds. The lowest BCUT2D eigenvalue weighted by Crippen LogP contribution is -3.06. The van der Waals surface area contributed by atoms with Crippen LogP contribution in [-0.4, -0.2) is 26.4 Å². The molecule has 1 atom stereocenters. The fourth-order valence-corrected chi connectivity index (χ4v) is 3.12. The first-order chi connectivity index (χ1) is 12.1. The van der Waals surface area contributed by atoms with Crippen LogP contribution in [0.25, 0.3) is 10.8 Å². The van der Waals surface area contributed by atoms with Gasteiger partial charge in [-0.2, -0.15) is 0 Å². The van der Waals surface area contributed by atoms with Crippen LogP contribution in [0.5, 0.6) is 17.2 Å². The molecule has 0 aliphatic rings. The summed E-state index contributed by atoms with van der Waals surface area (Å²) in [5.41, 5.74) is 2.18. The Morgan fingerprint density at radius 1 is 0.840 bits per heavy atom. The maximum Gasteiger partial charge on any atom is 0.125 e. The molecule has 130 valence electrons. The van der Waals surface area contributed by atoms with E-state index in [0.717, 1.165) is 40.9 Å². The summed E-state index contributed by atoms with van der Waals surface area (Å²) < 4.78 is 10.5. The lowest BCUT2D eigenvalue weighted by Gasteiger charge is -2.17. The van der Waals surface area contributed by atoms with Crippen molar-refractivity contribution in [2.45, 2.75) is 13.1 Å². The van der Waals surface area contributed by atoms with Gasteiger partial charge in [0, 0.05) is 5.56 Å². The van der Waals surface area contributed by atoms with Crippen molar-refractivity contribution in [3.05, 3.63) is 65.7 Å². The number of rotatable bonds is 6. The van der Waals surface area contributed by atoms with E-state index in [1.807, 2.05) is 36.4 Å². The minimum absolute atomic E-state index is 0.329. The van der Waals surface area contributed by atoms with Crippen molar-refractivity contribution in [3.8, 4) is 17.2 Å². The Hall–Kier alpha value is -2.72. The molecular formula is C21H24NO3+. The minimum Gasteiger partial charge on any atom is -0.507 e. The van der Waals surface area contributed by atoms with E-state index in [1.165, 1.54) is 10.5 Å². The van der Waals surface area contributed by atoms with E-state index in [9.17, 15) is 5.11 Å². The van der Waals surface area contributed by atoms with Crippen LogP contribution in [-0.2, 0) is 13.1 Å².